The molecule has 0 unspecified atom stereocenters. The second-order valence-electron chi connectivity index (χ2n) is 4.14. The molecule has 0 aliphatic carbocycles. The summed E-state index contributed by atoms with van der Waals surface area (Å²) < 4.78 is 11.3. The van der Waals surface area contributed by atoms with Crippen molar-refractivity contribution in [3.63, 3.8) is 0 Å². The molecule has 2 heteroatoms. The van der Waals surface area contributed by atoms with Crippen molar-refractivity contribution < 1.29 is 9.47 Å². The Bertz CT molecular complexity index is 546. The molecular formula is C15H14O2. The fourth-order valence-corrected chi connectivity index (χ4v) is 2.16. The number of aryl methyl sites for hydroxylation is 1. The predicted molar refractivity (Wildman–Crippen MR) is 67.6 cm³/mol. The molecule has 0 spiro atoms. The second kappa shape index (κ2) is 4.13. The van der Waals surface area contributed by atoms with Crippen LogP contribution in [0.4, 0.5) is 0 Å². The fourth-order valence-electron chi connectivity index (χ4n) is 2.16. The SMILES string of the molecule is Cc1ccccc1-c1cccc2c1OCCO2. The Hall–Kier alpha value is -1.96. The number of hydrogen-bond acceptors (Lipinski definition) is 2. The summed E-state index contributed by atoms with van der Waals surface area (Å²) in [6.07, 6.45) is 0. The van der Waals surface area contributed by atoms with Gasteiger partial charge in [0.2, 0.25) is 0 Å². The molecule has 0 radical (unpaired) electrons. The molecule has 0 aromatic heterocycles. The van der Waals surface area contributed by atoms with Gasteiger partial charge in [0.25, 0.3) is 0 Å². The molecule has 0 bridgehead atoms. The lowest BCUT2D eigenvalue weighted by Crippen LogP contribution is -2.15. The van der Waals surface area contributed by atoms with Gasteiger partial charge in [0.1, 0.15) is 13.2 Å². The van der Waals surface area contributed by atoms with Gasteiger partial charge < -0.3 is 9.47 Å². The van der Waals surface area contributed by atoms with Crippen LogP contribution in [0.2, 0.25) is 0 Å². The van der Waals surface area contributed by atoms with E-state index in [2.05, 4.69) is 25.1 Å². The van der Waals surface area contributed by atoms with Crippen LogP contribution in [0.5, 0.6) is 11.5 Å². The average Bonchev–Trinajstić information content (AvgIpc) is 2.39. The molecule has 2 aromatic rings. The molecule has 3 rings (SSSR count). The van der Waals surface area contributed by atoms with Crippen molar-refractivity contribution in [3.05, 3.63) is 48.0 Å². The van der Waals surface area contributed by atoms with E-state index in [-0.39, 0.29) is 0 Å². The van der Waals surface area contributed by atoms with E-state index in [0.29, 0.717) is 13.2 Å². The number of hydrogen-bond donors (Lipinski definition) is 0. The summed E-state index contributed by atoms with van der Waals surface area (Å²) >= 11 is 0. The highest BCUT2D eigenvalue weighted by atomic mass is 16.6. The van der Waals surface area contributed by atoms with Crippen LogP contribution in [0, 0.1) is 6.92 Å². The molecule has 0 N–H and O–H groups in total. The highest BCUT2D eigenvalue weighted by molar-refractivity contribution is 5.76. The van der Waals surface area contributed by atoms with Crippen LogP contribution >= 0.6 is 0 Å². The Balaban J connectivity index is 2.18. The third-order valence-electron chi connectivity index (χ3n) is 3.00. The van der Waals surface area contributed by atoms with E-state index >= 15 is 0 Å². The zero-order chi connectivity index (χ0) is 11.7. The topological polar surface area (TPSA) is 18.5 Å². The maximum absolute atomic E-state index is 5.74. The highest BCUT2D eigenvalue weighted by Gasteiger charge is 2.17. The first-order chi connectivity index (χ1) is 8.36. The zero-order valence-electron chi connectivity index (χ0n) is 9.77. The zero-order valence-corrected chi connectivity index (χ0v) is 9.77. The summed E-state index contributed by atoms with van der Waals surface area (Å²) in [4.78, 5) is 0. The van der Waals surface area contributed by atoms with Crippen molar-refractivity contribution in [1.82, 2.24) is 0 Å². The van der Waals surface area contributed by atoms with E-state index in [9.17, 15) is 0 Å². The Labute approximate surface area is 101 Å². The molecule has 0 amide bonds. The number of ether oxygens (including phenoxy) is 2. The van der Waals surface area contributed by atoms with Crippen LogP contribution in [0.3, 0.4) is 0 Å². The second-order valence-corrected chi connectivity index (χ2v) is 4.14. The van der Waals surface area contributed by atoms with Gasteiger partial charge in [0, 0.05) is 5.56 Å². The van der Waals surface area contributed by atoms with Crippen molar-refractivity contribution in [2.75, 3.05) is 13.2 Å². The molecule has 2 nitrogen and oxygen atoms in total. The molecule has 2 aromatic carbocycles. The molecule has 0 saturated heterocycles. The van der Waals surface area contributed by atoms with Gasteiger partial charge in [0.15, 0.2) is 11.5 Å². The van der Waals surface area contributed by atoms with Crippen LogP contribution in [0.15, 0.2) is 42.5 Å². The summed E-state index contributed by atoms with van der Waals surface area (Å²) in [6.45, 7) is 3.36. The lowest BCUT2D eigenvalue weighted by molar-refractivity contribution is 0.172. The standard InChI is InChI=1S/C15H14O2/c1-11-5-2-3-6-12(11)13-7-4-8-14-15(13)17-10-9-16-14/h2-8H,9-10H2,1H3. The van der Waals surface area contributed by atoms with Gasteiger partial charge in [-0.25, -0.2) is 0 Å². The summed E-state index contributed by atoms with van der Waals surface area (Å²) in [5.74, 6) is 1.71. The maximum atomic E-state index is 5.74. The van der Waals surface area contributed by atoms with Gasteiger partial charge in [-0.2, -0.15) is 0 Å². The first-order valence-electron chi connectivity index (χ1n) is 5.81. The van der Waals surface area contributed by atoms with Gasteiger partial charge in [-0.15, -0.1) is 0 Å². The van der Waals surface area contributed by atoms with E-state index in [1.807, 2.05) is 24.3 Å². The first-order valence-corrected chi connectivity index (χ1v) is 5.81. The average molecular weight is 226 g/mol. The lowest BCUT2D eigenvalue weighted by Gasteiger charge is -2.21. The Morgan fingerprint density at radius 3 is 2.47 bits per heavy atom. The molecule has 1 aliphatic rings. The van der Waals surface area contributed by atoms with Crippen molar-refractivity contribution in [1.29, 1.82) is 0 Å². The lowest BCUT2D eigenvalue weighted by atomic mass is 9.99. The van der Waals surface area contributed by atoms with Gasteiger partial charge in [-0.1, -0.05) is 36.4 Å². The number of rotatable bonds is 1. The molecule has 0 fully saturated rings. The van der Waals surface area contributed by atoms with Crippen LogP contribution in [0.25, 0.3) is 11.1 Å². The van der Waals surface area contributed by atoms with Gasteiger partial charge in [0.05, 0.1) is 0 Å². The summed E-state index contributed by atoms with van der Waals surface area (Å²) in [5.41, 5.74) is 3.56. The Morgan fingerprint density at radius 2 is 1.59 bits per heavy atom. The largest absolute Gasteiger partial charge is 0.486 e. The minimum absolute atomic E-state index is 0.621. The van der Waals surface area contributed by atoms with Crippen LogP contribution in [-0.2, 0) is 0 Å². The van der Waals surface area contributed by atoms with E-state index in [0.717, 1.165) is 17.1 Å². The van der Waals surface area contributed by atoms with Gasteiger partial charge >= 0.3 is 0 Å². The number of fused-ring (bicyclic) bond motifs is 1. The number of para-hydroxylation sites is 1. The molecule has 1 aliphatic heterocycles. The van der Waals surface area contributed by atoms with E-state index in [1.54, 1.807) is 0 Å². The van der Waals surface area contributed by atoms with Crippen molar-refractivity contribution in [2.24, 2.45) is 0 Å². The monoisotopic (exact) mass is 226 g/mol. The fraction of sp³-hybridized carbons (Fsp3) is 0.200. The molecule has 17 heavy (non-hydrogen) atoms. The smallest absolute Gasteiger partial charge is 0.169 e. The molecular weight excluding hydrogens is 212 g/mol. The highest BCUT2D eigenvalue weighted by Crippen LogP contribution is 2.40. The third-order valence-corrected chi connectivity index (χ3v) is 3.00. The molecule has 0 saturated carbocycles. The summed E-state index contributed by atoms with van der Waals surface area (Å²) in [7, 11) is 0. The van der Waals surface area contributed by atoms with Crippen molar-refractivity contribution in [3.8, 4) is 22.6 Å². The minimum atomic E-state index is 0.621. The quantitative estimate of drug-likeness (QED) is 0.741. The summed E-state index contributed by atoms with van der Waals surface area (Å²) in [6, 6.07) is 14.4. The van der Waals surface area contributed by atoms with Crippen LogP contribution < -0.4 is 9.47 Å². The van der Waals surface area contributed by atoms with E-state index < -0.39 is 0 Å². The first kappa shape index (κ1) is 10.2. The number of benzene rings is 2. The Morgan fingerprint density at radius 1 is 0.824 bits per heavy atom. The minimum Gasteiger partial charge on any atom is -0.486 e. The van der Waals surface area contributed by atoms with Gasteiger partial charge in [-0.05, 0) is 24.1 Å². The summed E-state index contributed by atoms with van der Waals surface area (Å²) in [5, 5.41) is 0. The molecule has 1 heterocycles. The van der Waals surface area contributed by atoms with E-state index in [1.165, 1.54) is 11.1 Å². The normalized spacial score (nSPS) is 13.5. The molecule has 0 atom stereocenters. The predicted octanol–water partition coefficient (Wildman–Crippen LogP) is 3.43. The van der Waals surface area contributed by atoms with E-state index in [4.69, 9.17) is 9.47 Å². The Kier molecular flexibility index (Phi) is 2.48. The third kappa shape index (κ3) is 1.76. The van der Waals surface area contributed by atoms with Crippen molar-refractivity contribution in [2.45, 2.75) is 6.92 Å². The maximum Gasteiger partial charge on any atom is 0.169 e. The van der Waals surface area contributed by atoms with Crippen LogP contribution in [0.1, 0.15) is 5.56 Å². The van der Waals surface area contributed by atoms with Crippen LogP contribution in [-0.4, -0.2) is 13.2 Å². The van der Waals surface area contributed by atoms with Crippen molar-refractivity contribution >= 4 is 0 Å². The molecule has 86 valence electrons. The van der Waals surface area contributed by atoms with Gasteiger partial charge in [-0.3, -0.25) is 0 Å².